The number of aromatic hydroxyl groups is 1. The molecule has 0 spiro atoms. The van der Waals surface area contributed by atoms with Gasteiger partial charge in [-0.1, -0.05) is 45.0 Å². The zero-order valence-corrected chi connectivity index (χ0v) is 15.0. The van der Waals surface area contributed by atoms with E-state index < -0.39 is 0 Å². The molecular weight excluding hydrogens is 316 g/mol. The summed E-state index contributed by atoms with van der Waals surface area (Å²) in [5, 5.41) is 13.8. The summed E-state index contributed by atoms with van der Waals surface area (Å²) in [7, 11) is 0. The monoisotopic (exact) mass is 340 g/mol. The Morgan fingerprint density at radius 2 is 1.96 bits per heavy atom. The number of benzene rings is 2. The van der Waals surface area contributed by atoms with E-state index in [4.69, 9.17) is 4.74 Å². The highest BCUT2D eigenvalue weighted by molar-refractivity contribution is 5.85. The van der Waals surface area contributed by atoms with Gasteiger partial charge in [0.25, 0.3) is 5.91 Å². The van der Waals surface area contributed by atoms with Crippen molar-refractivity contribution >= 4 is 12.1 Å². The topological polar surface area (TPSA) is 70.9 Å². The number of nitrogens with zero attached hydrogens (tertiary/aromatic N) is 1. The molecule has 2 aromatic carbocycles. The second-order valence-corrected chi connectivity index (χ2v) is 6.87. The molecule has 0 aromatic heterocycles. The Hall–Kier alpha value is -2.82. The van der Waals surface area contributed by atoms with E-state index in [1.54, 1.807) is 6.07 Å². The second-order valence-electron chi connectivity index (χ2n) is 6.87. The van der Waals surface area contributed by atoms with Gasteiger partial charge < -0.3 is 9.84 Å². The first-order valence-electron chi connectivity index (χ1n) is 8.11. The van der Waals surface area contributed by atoms with Gasteiger partial charge in [-0.15, -0.1) is 0 Å². The molecule has 5 nitrogen and oxygen atoms in total. The van der Waals surface area contributed by atoms with E-state index in [-0.39, 0.29) is 23.7 Å². The number of carbonyl (C=O) groups excluding carboxylic acids is 1. The molecule has 0 unspecified atom stereocenters. The minimum Gasteiger partial charge on any atom is -0.507 e. The number of para-hydroxylation sites is 1. The molecule has 25 heavy (non-hydrogen) atoms. The fourth-order valence-corrected chi connectivity index (χ4v) is 2.19. The van der Waals surface area contributed by atoms with Gasteiger partial charge in [-0.3, -0.25) is 4.79 Å². The molecule has 0 aliphatic carbocycles. The van der Waals surface area contributed by atoms with E-state index in [0.29, 0.717) is 11.3 Å². The molecule has 0 radical (unpaired) electrons. The molecule has 0 bridgehead atoms. The molecule has 132 valence electrons. The van der Waals surface area contributed by atoms with E-state index >= 15 is 0 Å². The van der Waals surface area contributed by atoms with Crippen LogP contribution in [0.3, 0.4) is 0 Å². The van der Waals surface area contributed by atoms with Crippen LogP contribution in [0.4, 0.5) is 0 Å². The van der Waals surface area contributed by atoms with Crippen LogP contribution in [0.2, 0.25) is 0 Å². The first-order valence-corrected chi connectivity index (χ1v) is 8.11. The van der Waals surface area contributed by atoms with Gasteiger partial charge in [-0.25, -0.2) is 5.43 Å². The number of hydrogen-bond acceptors (Lipinski definition) is 4. The average Bonchev–Trinajstić information content (AvgIpc) is 2.55. The first-order chi connectivity index (χ1) is 11.8. The summed E-state index contributed by atoms with van der Waals surface area (Å²) in [6.45, 7) is 8.05. The van der Waals surface area contributed by atoms with Crippen LogP contribution in [0.1, 0.15) is 37.5 Å². The molecular formula is C20H24N2O3. The molecule has 2 aromatic rings. The zero-order chi connectivity index (χ0) is 18.4. The Morgan fingerprint density at radius 1 is 1.24 bits per heavy atom. The van der Waals surface area contributed by atoms with Crippen molar-refractivity contribution in [3.05, 3.63) is 59.2 Å². The number of ether oxygens (including phenoxy) is 1. The van der Waals surface area contributed by atoms with Crippen molar-refractivity contribution in [3.63, 3.8) is 0 Å². The summed E-state index contributed by atoms with van der Waals surface area (Å²) in [5.74, 6) is 0.408. The van der Waals surface area contributed by atoms with Crippen molar-refractivity contribution in [2.24, 2.45) is 5.10 Å². The lowest BCUT2D eigenvalue weighted by molar-refractivity contribution is -0.123. The van der Waals surface area contributed by atoms with Crippen molar-refractivity contribution in [1.29, 1.82) is 0 Å². The van der Waals surface area contributed by atoms with E-state index in [2.05, 4.69) is 31.3 Å². The largest absolute Gasteiger partial charge is 0.507 e. The minimum atomic E-state index is -0.369. The van der Waals surface area contributed by atoms with E-state index in [0.717, 1.165) is 11.1 Å². The zero-order valence-electron chi connectivity index (χ0n) is 15.0. The molecule has 0 aliphatic rings. The first kappa shape index (κ1) is 18.5. The van der Waals surface area contributed by atoms with Crippen molar-refractivity contribution in [2.45, 2.75) is 33.1 Å². The molecule has 0 aliphatic heterocycles. The standard InChI is InChI=1S/C20H24N2O3/c1-14-7-5-6-8-18(14)25-13-19(24)22-21-12-15-11-16(20(2,3)4)9-10-17(15)23/h5-12,23H,13H2,1-4H3,(H,22,24). The third kappa shape index (κ3) is 5.35. The Balaban J connectivity index is 1.94. The van der Waals surface area contributed by atoms with Crippen LogP contribution in [0.5, 0.6) is 11.5 Å². The summed E-state index contributed by atoms with van der Waals surface area (Å²) >= 11 is 0. The molecule has 1 amide bonds. The average molecular weight is 340 g/mol. The molecule has 0 atom stereocenters. The number of phenolic OH excluding ortho intramolecular Hbond substituents is 1. The smallest absolute Gasteiger partial charge is 0.277 e. The van der Waals surface area contributed by atoms with E-state index in [9.17, 15) is 9.90 Å². The second kappa shape index (κ2) is 7.83. The summed E-state index contributed by atoms with van der Waals surface area (Å²) < 4.78 is 5.45. The minimum absolute atomic E-state index is 0.0408. The molecule has 0 heterocycles. The van der Waals surface area contributed by atoms with Gasteiger partial charge in [-0.2, -0.15) is 5.10 Å². The third-order valence-electron chi connectivity index (χ3n) is 3.74. The molecule has 5 heteroatoms. The van der Waals surface area contributed by atoms with Gasteiger partial charge in [0.15, 0.2) is 6.61 Å². The third-order valence-corrected chi connectivity index (χ3v) is 3.74. The Kier molecular flexibility index (Phi) is 5.80. The van der Waals surface area contributed by atoms with Crippen LogP contribution in [-0.2, 0) is 10.2 Å². The van der Waals surface area contributed by atoms with Gasteiger partial charge in [0, 0.05) is 5.56 Å². The highest BCUT2D eigenvalue weighted by atomic mass is 16.5. The molecule has 0 fully saturated rings. The highest BCUT2D eigenvalue weighted by Gasteiger charge is 2.14. The quantitative estimate of drug-likeness (QED) is 0.646. The van der Waals surface area contributed by atoms with Gasteiger partial charge in [-0.05, 0) is 41.7 Å². The van der Waals surface area contributed by atoms with Crippen molar-refractivity contribution in [1.82, 2.24) is 5.43 Å². The fourth-order valence-electron chi connectivity index (χ4n) is 2.19. The van der Waals surface area contributed by atoms with Gasteiger partial charge in [0.1, 0.15) is 11.5 Å². The molecule has 2 N–H and O–H groups in total. The molecule has 0 saturated heterocycles. The SMILES string of the molecule is Cc1ccccc1OCC(=O)NN=Cc1cc(C(C)(C)C)ccc1O. The molecule has 2 rings (SSSR count). The van der Waals surface area contributed by atoms with Gasteiger partial charge in [0.05, 0.1) is 6.21 Å². The Labute approximate surface area is 148 Å². The number of hydrazone groups is 1. The number of nitrogens with one attached hydrogen (secondary N) is 1. The fraction of sp³-hybridized carbons (Fsp3) is 0.300. The van der Waals surface area contributed by atoms with Crippen molar-refractivity contribution in [3.8, 4) is 11.5 Å². The van der Waals surface area contributed by atoms with Crippen LogP contribution < -0.4 is 10.2 Å². The summed E-state index contributed by atoms with van der Waals surface area (Å²) in [6, 6.07) is 12.8. The Bertz CT molecular complexity index is 777. The number of rotatable bonds is 5. The van der Waals surface area contributed by atoms with Crippen molar-refractivity contribution in [2.75, 3.05) is 6.61 Å². The summed E-state index contributed by atoms with van der Waals surface area (Å²) in [6.07, 6.45) is 1.43. The number of carbonyl (C=O) groups is 1. The predicted molar refractivity (Wildman–Crippen MR) is 99.2 cm³/mol. The maximum atomic E-state index is 11.8. The lowest BCUT2D eigenvalue weighted by Gasteiger charge is -2.19. The van der Waals surface area contributed by atoms with Crippen LogP contribution >= 0.6 is 0 Å². The highest BCUT2D eigenvalue weighted by Crippen LogP contribution is 2.26. The maximum absolute atomic E-state index is 11.8. The van der Waals surface area contributed by atoms with E-state index in [1.165, 1.54) is 6.21 Å². The van der Waals surface area contributed by atoms with Gasteiger partial charge in [0.2, 0.25) is 0 Å². The summed E-state index contributed by atoms with van der Waals surface area (Å²) in [5.41, 5.74) is 4.94. The Morgan fingerprint density at radius 3 is 2.64 bits per heavy atom. The number of aryl methyl sites for hydroxylation is 1. The number of amides is 1. The lowest BCUT2D eigenvalue weighted by Crippen LogP contribution is -2.24. The van der Waals surface area contributed by atoms with Gasteiger partial charge >= 0.3 is 0 Å². The van der Waals surface area contributed by atoms with Crippen LogP contribution in [0.15, 0.2) is 47.6 Å². The number of phenols is 1. The maximum Gasteiger partial charge on any atom is 0.277 e. The van der Waals surface area contributed by atoms with Crippen LogP contribution in [-0.4, -0.2) is 23.8 Å². The number of hydrogen-bond donors (Lipinski definition) is 2. The molecule has 0 saturated carbocycles. The predicted octanol–water partition coefficient (Wildman–Crippen LogP) is 3.53. The normalized spacial score (nSPS) is 11.5. The lowest BCUT2D eigenvalue weighted by atomic mass is 9.86. The van der Waals surface area contributed by atoms with E-state index in [1.807, 2.05) is 43.3 Å². The van der Waals surface area contributed by atoms with Crippen LogP contribution in [0.25, 0.3) is 0 Å². The summed E-state index contributed by atoms with van der Waals surface area (Å²) in [4.78, 5) is 11.8. The van der Waals surface area contributed by atoms with Crippen LogP contribution in [0, 0.1) is 6.92 Å². The van der Waals surface area contributed by atoms with Crippen molar-refractivity contribution < 1.29 is 14.6 Å².